The number of carbonyl (C=O) groups excluding carboxylic acids is 2. The van der Waals surface area contributed by atoms with Crippen LogP contribution < -0.4 is 15.0 Å². The molecule has 39 heavy (non-hydrogen) atoms. The van der Waals surface area contributed by atoms with Crippen LogP contribution in [0.1, 0.15) is 50.1 Å². The van der Waals surface area contributed by atoms with Gasteiger partial charge in [0.05, 0.1) is 25.7 Å². The minimum absolute atomic E-state index is 0.0920. The van der Waals surface area contributed by atoms with Crippen molar-refractivity contribution in [1.82, 2.24) is 10.3 Å². The Morgan fingerprint density at radius 1 is 0.974 bits per heavy atom. The van der Waals surface area contributed by atoms with Gasteiger partial charge in [-0.1, -0.05) is 60.7 Å². The molecule has 198 valence electrons. The number of hydrogen-bond acceptors (Lipinski definition) is 5. The van der Waals surface area contributed by atoms with Gasteiger partial charge in [-0.2, -0.15) is 0 Å². The Balaban J connectivity index is 1.53. The normalized spacial score (nSPS) is 16.5. The highest BCUT2D eigenvalue weighted by molar-refractivity contribution is 6.11. The fraction of sp³-hybridized carbons (Fsp3) is 0.219. The number of aromatic nitrogens is 1. The summed E-state index contributed by atoms with van der Waals surface area (Å²) in [5, 5.41) is 12.7. The SMILES string of the molecule is COc1ccc(CCNC(=O)[C@@H]2c3ccccc3C(=O)N(c3ccc(C)cn3)[C@H]2c2ccc(CO)cc2)cc1. The van der Waals surface area contributed by atoms with Gasteiger partial charge in [0.25, 0.3) is 5.91 Å². The Morgan fingerprint density at radius 2 is 1.69 bits per heavy atom. The highest BCUT2D eigenvalue weighted by Gasteiger charge is 2.45. The number of hydrogen-bond donors (Lipinski definition) is 2. The van der Waals surface area contributed by atoms with Crippen LogP contribution in [0.3, 0.4) is 0 Å². The lowest BCUT2D eigenvalue weighted by atomic mass is 9.79. The van der Waals surface area contributed by atoms with Crippen LogP contribution >= 0.6 is 0 Å². The molecule has 4 aromatic rings. The lowest BCUT2D eigenvalue weighted by Crippen LogP contribution is -2.48. The standard InChI is InChI=1S/C32H31N3O4/c1-21-7-16-28(34-19-21)35-30(24-12-8-23(20-36)9-13-24)29(26-5-3-4-6-27(26)32(35)38)31(37)33-18-17-22-10-14-25(39-2)15-11-22/h3-16,19,29-30,36H,17-18,20H2,1-2H3,(H,33,37)/t29-,30+/m1/s1. The number of ether oxygens (including phenoxy) is 1. The molecule has 0 saturated heterocycles. The summed E-state index contributed by atoms with van der Waals surface area (Å²) in [5.41, 5.74) is 4.76. The van der Waals surface area contributed by atoms with Crippen molar-refractivity contribution in [3.63, 3.8) is 0 Å². The fourth-order valence-corrected chi connectivity index (χ4v) is 5.07. The molecule has 0 aliphatic carbocycles. The summed E-state index contributed by atoms with van der Waals surface area (Å²) in [6.07, 6.45) is 2.38. The molecule has 0 radical (unpaired) electrons. The number of aliphatic hydroxyl groups is 1. The van der Waals surface area contributed by atoms with Crippen molar-refractivity contribution in [3.8, 4) is 5.75 Å². The molecule has 2 atom stereocenters. The molecule has 0 unspecified atom stereocenters. The molecule has 5 rings (SSSR count). The second kappa shape index (κ2) is 11.5. The number of methoxy groups -OCH3 is 1. The van der Waals surface area contributed by atoms with Crippen molar-refractivity contribution in [3.05, 3.63) is 125 Å². The van der Waals surface area contributed by atoms with E-state index in [4.69, 9.17) is 4.74 Å². The van der Waals surface area contributed by atoms with Gasteiger partial charge in [0.2, 0.25) is 5.91 Å². The van der Waals surface area contributed by atoms with Gasteiger partial charge in [0.15, 0.2) is 0 Å². The van der Waals surface area contributed by atoms with Crippen LogP contribution in [0.15, 0.2) is 91.1 Å². The summed E-state index contributed by atoms with van der Waals surface area (Å²) in [6.45, 7) is 2.29. The van der Waals surface area contributed by atoms with E-state index in [1.165, 1.54) is 0 Å². The summed E-state index contributed by atoms with van der Waals surface area (Å²) in [7, 11) is 1.63. The Morgan fingerprint density at radius 3 is 2.36 bits per heavy atom. The first-order valence-corrected chi connectivity index (χ1v) is 13.0. The molecule has 7 nitrogen and oxygen atoms in total. The summed E-state index contributed by atoms with van der Waals surface area (Å²) in [6, 6.07) is 25.5. The van der Waals surface area contributed by atoms with E-state index >= 15 is 0 Å². The third kappa shape index (κ3) is 5.40. The van der Waals surface area contributed by atoms with Crippen LogP contribution in [-0.4, -0.2) is 35.6 Å². The zero-order valence-electron chi connectivity index (χ0n) is 22.0. The number of anilines is 1. The van der Waals surface area contributed by atoms with Gasteiger partial charge in [-0.15, -0.1) is 0 Å². The van der Waals surface area contributed by atoms with Crippen molar-refractivity contribution in [2.45, 2.75) is 31.9 Å². The summed E-state index contributed by atoms with van der Waals surface area (Å²) in [5.74, 6) is 0.216. The van der Waals surface area contributed by atoms with E-state index in [1.54, 1.807) is 24.3 Å². The number of aliphatic hydroxyl groups excluding tert-OH is 1. The smallest absolute Gasteiger partial charge is 0.260 e. The van der Waals surface area contributed by atoms with Crippen LogP contribution in [0.25, 0.3) is 0 Å². The highest BCUT2D eigenvalue weighted by Crippen LogP contribution is 2.44. The van der Waals surface area contributed by atoms with Crippen LogP contribution in [0, 0.1) is 6.92 Å². The number of rotatable bonds is 8. The quantitative estimate of drug-likeness (QED) is 0.350. The maximum atomic E-state index is 14.0. The predicted molar refractivity (Wildman–Crippen MR) is 150 cm³/mol. The third-order valence-electron chi connectivity index (χ3n) is 7.14. The average molecular weight is 522 g/mol. The molecule has 0 saturated carbocycles. The number of fused-ring (bicyclic) bond motifs is 1. The molecule has 7 heteroatoms. The number of carbonyl (C=O) groups is 2. The minimum atomic E-state index is -0.669. The van der Waals surface area contributed by atoms with Crippen molar-refractivity contribution in [1.29, 1.82) is 0 Å². The highest BCUT2D eigenvalue weighted by atomic mass is 16.5. The van der Waals surface area contributed by atoms with Crippen molar-refractivity contribution in [2.75, 3.05) is 18.6 Å². The molecule has 3 aromatic carbocycles. The second-order valence-corrected chi connectivity index (χ2v) is 9.67. The first-order chi connectivity index (χ1) is 19.0. The summed E-state index contributed by atoms with van der Waals surface area (Å²) >= 11 is 0. The van der Waals surface area contributed by atoms with E-state index in [2.05, 4.69) is 10.3 Å². The Kier molecular flexibility index (Phi) is 7.70. The van der Waals surface area contributed by atoms with Crippen molar-refractivity contribution in [2.24, 2.45) is 0 Å². The number of nitrogens with one attached hydrogen (secondary N) is 1. The lowest BCUT2D eigenvalue weighted by Gasteiger charge is -2.41. The Bertz CT molecular complexity index is 1450. The molecule has 1 aromatic heterocycles. The molecular formula is C32H31N3O4. The summed E-state index contributed by atoms with van der Waals surface area (Å²) < 4.78 is 5.23. The topological polar surface area (TPSA) is 91.8 Å². The number of amides is 2. The second-order valence-electron chi connectivity index (χ2n) is 9.67. The lowest BCUT2D eigenvalue weighted by molar-refractivity contribution is -0.123. The minimum Gasteiger partial charge on any atom is -0.497 e. The van der Waals surface area contributed by atoms with Gasteiger partial charge in [0, 0.05) is 18.3 Å². The number of nitrogens with zero attached hydrogens (tertiary/aromatic N) is 2. The van der Waals surface area contributed by atoms with Crippen LogP contribution in [0.2, 0.25) is 0 Å². The number of benzene rings is 3. The monoisotopic (exact) mass is 521 g/mol. The fourth-order valence-electron chi connectivity index (χ4n) is 5.07. The molecule has 2 N–H and O–H groups in total. The molecule has 1 aliphatic rings. The Hall–Kier alpha value is -4.49. The van der Waals surface area contributed by atoms with E-state index in [0.29, 0.717) is 29.9 Å². The molecule has 0 spiro atoms. The Labute approximate surface area is 228 Å². The molecule has 0 fully saturated rings. The maximum absolute atomic E-state index is 14.0. The van der Waals surface area contributed by atoms with Crippen LogP contribution in [0.5, 0.6) is 5.75 Å². The van der Waals surface area contributed by atoms with Gasteiger partial charge in [-0.25, -0.2) is 4.98 Å². The number of aryl methyl sites for hydroxylation is 1. The van der Waals surface area contributed by atoms with Gasteiger partial charge < -0.3 is 15.2 Å². The first-order valence-electron chi connectivity index (χ1n) is 13.0. The molecule has 0 bridgehead atoms. The van der Waals surface area contributed by atoms with Gasteiger partial charge in [0.1, 0.15) is 11.6 Å². The van der Waals surface area contributed by atoms with E-state index in [0.717, 1.165) is 28.0 Å². The largest absolute Gasteiger partial charge is 0.497 e. The van der Waals surface area contributed by atoms with Crippen LogP contribution in [0.4, 0.5) is 5.82 Å². The molecule has 2 heterocycles. The maximum Gasteiger partial charge on any atom is 0.260 e. The average Bonchev–Trinajstić information content (AvgIpc) is 2.98. The first kappa shape index (κ1) is 26.1. The van der Waals surface area contributed by atoms with Gasteiger partial charge in [-0.3, -0.25) is 14.5 Å². The van der Waals surface area contributed by atoms with Crippen molar-refractivity contribution >= 4 is 17.6 Å². The zero-order valence-corrected chi connectivity index (χ0v) is 22.0. The van der Waals surface area contributed by atoms with E-state index in [1.807, 2.05) is 85.8 Å². The van der Waals surface area contributed by atoms with E-state index in [-0.39, 0.29) is 18.4 Å². The third-order valence-corrected chi connectivity index (χ3v) is 7.14. The summed E-state index contributed by atoms with van der Waals surface area (Å²) in [4.78, 5) is 34.1. The van der Waals surface area contributed by atoms with Gasteiger partial charge >= 0.3 is 0 Å². The molecular weight excluding hydrogens is 490 g/mol. The zero-order chi connectivity index (χ0) is 27.4. The molecule has 2 amide bonds. The van der Waals surface area contributed by atoms with E-state index in [9.17, 15) is 14.7 Å². The van der Waals surface area contributed by atoms with Gasteiger partial charge in [-0.05, 0) is 65.4 Å². The van der Waals surface area contributed by atoms with Crippen molar-refractivity contribution < 1.29 is 19.4 Å². The molecule has 1 aliphatic heterocycles. The van der Waals surface area contributed by atoms with E-state index < -0.39 is 12.0 Å². The van der Waals surface area contributed by atoms with Crippen LogP contribution in [-0.2, 0) is 17.8 Å². The predicted octanol–water partition coefficient (Wildman–Crippen LogP) is 4.74. The number of pyridine rings is 1.